The van der Waals surface area contributed by atoms with E-state index in [4.69, 9.17) is 0 Å². The molecule has 0 spiro atoms. The molecule has 0 fully saturated rings. The summed E-state index contributed by atoms with van der Waals surface area (Å²) in [5.41, 5.74) is 5.15. The van der Waals surface area contributed by atoms with Crippen LogP contribution in [0.3, 0.4) is 0 Å². The third-order valence-corrected chi connectivity index (χ3v) is 4.44. The molecule has 2 aromatic rings. The molecule has 0 heterocycles. The van der Waals surface area contributed by atoms with Crippen LogP contribution in [0.2, 0.25) is 0 Å². The highest BCUT2D eigenvalue weighted by Gasteiger charge is 2.12. The van der Waals surface area contributed by atoms with E-state index >= 15 is 0 Å². The number of likely N-dealkylation sites (N-methyl/N-ethyl adjacent to an activating group) is 1. The molecule has 0 radical (unpaired) electrons. The zero-order valence-electron chi connectivity index (χ0n) is 15.9. The van der Waals surface area contributed by atoms with Crippen molar-refractivity contribution in [2.24, 2.45) is 0 Å². The maximum atomic E-state index is 12.2. The Hall–Kier alpha value is -2.88. The number of amides is 2. The van der Waals surface area contributed by atoms with Gasteiger partial charge in [0, 0.05) is 18.8 Å². The minimum atomic E-state index is -0.213. The second-order valence-corrected chi connectivity index (χ2v) is 6.42. The summed E-state index contributed by atoms with van der Waals surface area (Å²) in [6, 6.07) is 13.8. The number of rotatable bonds is 6. The standard InChI is InChI=1S/C22H26N2O2/c1-5-18-9-11-19(12-10-18)13-14-22(26)24(4)15-21(25)23-20-8-6-7-16(2)17(20)3/h6-14H,5,15H2,1-4H3,(H,23,25)/b14-13+. The Bertz CT molecular complexity index is 807. The van der Waals surface area contributed by atoms with Gasteiger partial charge in [0.25, 0.3) is 0 Å². The first-order valence-corrected chi connectivity index (χ1v) is 8.79. The summed E-state index contributed by atoms with van der Waals surface area (Å²) < 4.78 is 0. The van der Waals surface area contributed by atoms with Gasteiger partial charge in [-0.25, -0.2) is 0 Å². The van der Waals surface area contributed by atoms with Crippen molar-refractivity contribution in [3.8, 4) is 0 Å². The molecule has 0 aliphatic rings. The average molecular weight is 350 g/mol. The zero-order valence-corrected chi connectivity index (χ0v) is 15.9. The molecule has 0 aliphatic carbocycles. The zero-order chi connectivity index (χ0) is 19.1. The number of nitrogens with one attached hydrogen (secondary N) is 1. The summed E-state index contributed by atoms with van der Waals surface area (Å²) in [6.07, 6.45) is 4.24. The monoisotopic (exact) mass is 350 g/mol. The minimum Gasteiger partial charge on any atom is -0.333 e. The molecule has 26 heavy (non-hydrogen) atoms. The summed E-state index contributed by atoms with van der Waals surface area (Å²) in [5.74, 6) is -0.420. The van der Waals surface area contributed by atoms with Gasteiger partial charge in [-0.3, -0.25) is 9.59 Å². The lowest BCUT2D eigenvalue weighted by molar-refractivity contribution is -0.129. The molecule has 1 N–H and O–H groups in total. The summed E-state index contributed by atoms with van der Waals surface area (Å²) in [4.78, 5) is 25.8. The number of carbonyl (C=O) groups excluding carboxylic acids is 2. The Morgan fingerprint density at radius 2 is 1.77 bits per heavy atom. The van der Waals surface area contributed by atoms with Gasteiger partial charge in [-0.1, -0.05) is 43.3 Å². The van der Waals surface area contributed by atoms with Gasteiger partial charge in [-0.2, -0.15) is 0 Å². The molecule has 0 saturated heterocycles. The Kier molecular flexibility index (Phi) is 6.73. The van der Waals surface area contributed by atoms with Crippen LogP contribution in [-0.2, 0) is 16.0 Å². The van der Waals surface area contributed by atoms with Crippen LogP contribution in [0.15, 0.2) is 48.5 Å². The number of hydrogen-bond acceptors (Lipinski definition) is 2. The van der Waals surface area contributed by atoms with E-state index in [2.05, 4.69) is 12.2 Å². The fourth-order valence-electron chi connectivity index (χ4n) is 2.53. The molecule has 0 unspecified atom stereocenters. The maximum absolute atomic E-state index is 12.2. The Balaban J connectivity index is 1.92. The van der Waals surface area contributed by atoms with Gasteiger partial charge in [-0.15, -0.1) is 0 Å². The first kappa shape index (κ1) is 19.4. The molecule has 4 nitrogen and oxygen atoms in total. The Labute approximate surface area is 155 Å². The highest BCUT2D eigenvalue weighted by Crippen LogP contribution is 2.17. The lowest BCUT2D eigenvalue weighted by Crippen LogP contribution is -2.34. The number of aryl methyl sites for hydroxylation is 2. The Morgan fingerprint density at radius 1 is 1.08 bits per heavy atom. The van der Waals surface area contributed by atoms with Gasteiger partial charge in [0.15, 0.2) is 0 Å². The minimum absolute atomic E-state index is 0.00529. The lowest BCUT2D eigenvalue weighted by atomic mass is 10.1. The van der Waals surface area contributed by atoms with Gasteiger partial charge in [0.05, 0.1) is 6.54 Å². The van der Waals surface area contributed by atoms with Crippen LogP contribution >= 0.6 is 0 Å². The van der Waals surface area contributed by atoms with Crippen LogP contribution in [0.1, 0.15) is 29.2 Å². The SMILES string of the molecule is CCc1ccc(/C=C/C(=O)N(C)CC(=O)Nc2cccc(C)c2C)cc1. The van der Waals surface area contributed by atoms with E-state index in [-0.39, 0.29) is 18.4 Å². The van der Waals surface area contributed by atoms with Crippen LogP contribution in [-0.4, -0.2) is 30.3 Å². The third-order valence-electron chi connectivity index (χ3n) is 4.44. The van der Waals surface area contributed by atoms with Crippen molar-refractivity contribution in [2.75, 3.05) is 18.9 Å². The lowest BCUT2D eigenvalue weighted by Gasteiger charge is -2.16. The normalized spacial score (nSPS) is 10.8. The fourth-order valence-corrected chi connectivity index (χ4v) is 2.53. The van der Waals surface area contributed by atoms with E-state index in [1.165, 1.54) is 16.5 Å². The van der Waals surface area contributed by atoms with Gasteiger partial charge in [-0.05, 0) is 54.7 Å². The molecule has 0 aromatic heterocycles. The van der Waals surface area contributed by atoms with Crippen molar-refractivity contribution >= 4 is 23.6 Å². The van der Waals surface area contributed by atoms with E-state index in [9.17, 15) is 9.59 Å². The molecule has 2 aromatic carbocycles. The van der Waals surface area contributed by atoms with E-state index in [1.54, 1.807) is 13.1 Å². The molecule has 4 heteroatoms. The molecular formula is C22H26N2O2. The van der Waals surface area contributed by atoms with Crippen LogP contribution in [0.4, 0.5) is 5.69 Å². The van der Waals surface area contributed by atoms with E-state index < -0.39 is 0 Å². The molecule has 0 saturated carbocycles. The van der Waals surface area contributed by atoms with E-state index in [0.717, 1.165) is 28.8 Å². The second-order valence-electron chi connectivity index (χ2n) is 6.42. The number of carbonyl (C=O) groups is 2. The number of anilines is 1. The molecule has 2 amide bonds. The van der Waals surface area contributed by atoms with Gasteiger partial charge >= 0.3 is 0 Å². The van der Waals surface area contributed by atoms with E-state index in [1.807, 2.05) is 56.3 Å². The summed E-state index contributed by atoms with van der Waals surface area (Å²) in [6.45, 7) is 6.07. The van der Waals surface area contributed by atoms with Crippen molar-refractivity contribution in [1.29, 1.82) is 0 Å². The molecule has 0 bridgehead atoms. The first-order valence-electron chi connectivity index (χ1n) is 8.79. The summed E-state index contributed by atoms with van der Waals surface area (Å²) in [5, 5.41) is 2.87. The predicted octanol–water partition coefficient (Wildman–Crippen LogP) is 3.98. The highest BCUT2D eigenvalue weighted by molar-refractivity contribution is 5.98. The Morgan fingerprint density at radius 3 is 2.42 bits per heavy atom. The van der Waals surface area contributed by atoms with Crippen molar-refractivity contribution < 1.29 is 9.59 Å². The average Bonchev–Trinajstić information content (AvgIpc) is 2.63. The third kappa shape index (κ3) is 5.31. The second kappa shape index (κ2) is 8.99. The number of benzene rings is 2. The maximum Gasteiger partial charge on any atom is 0.246 e. The summed E-state index contributed by atoms with van der Waals surface area (Å²) >= 11 is 0. The molecule has 136 valence electrons. The van der Waals surface area contributed by atoms with Gasteiger partial charge in [0.2, 0.25) is 11.8 Å². The van der Waals surface area contributed by atoms with Crippen molar-refractivity contribution in [3.63, 3.8) is 0 Å². The van der Waals surface area contributed by atoms with Crippen molar-refractivity contribution in [1.82, 2.24) is 4.90 Å². The van der Waals surface area contributed by atoms with Gasteiger partial charge in [0.1, 0.15) is 0 Å². The van der Waals surface area contributed by atoms with Crippen LogP contribution in [0.5, 0.6) is 0 Å². The van der Waals surface area contributed by atoms with Crippen molar-refractivity contribution in [2.45, 2.75) is 27.2 Å². The molecule has 0 aliphatic heterocycles. The van der Waals surface area contributed by atoms with E-state index in [0.29, 0.717) is 0 Å². The van der Waals surface area contributed by atoms with Crippen LogP contribution < -0.4 is 5.32 Å². The predicted molar refractivity (Wildman–Crippen MR) is 107 cm³/mol. The number of nitrogens with zero attached hydrogens (tertiary/aromatic N) is 1. The fraction of sp³-hybridized carbons (Fsp3) is 0.273. The highest BCUT2D eigenvalue weighted by atomic mass is 16.2. The largest absolute Gasteiger partial charge is 0.333 e. The molecular weight excluding hydrogens is 324 g/mol. The van der Waals surface area contributed by atoms with Gasteiger partial charge < -0.3 is 10.2 Å². The number of hydrogen-bond donors (Lipinski definition) is 1. The smallest absolute Gasteiger partial charge is 0.246 e. The first-order chi connectivity index (χ1) is 12.4. The van der Waals surface area contributed by atoms with Crippen molar-refractivity contribution in [3.05, 3.63) is 70.8 Å². The van der Waals surface area contributed by atoms with Crippen LogP contribution in [0, 0.1) is 13.8 Å². The summed E-state index contributed by atoms with van der Waals surface area (Å²) in [7, 11) is 1.62. The van der Waals surface area contributed by atoms with Crippen LogP contribution in [0.25, 0.3) is 6.08 Å². The topological polar surface area (TPSA) is 49.4 Å². The molecule has 0 atom stereocenters. The molecule has 2 rings (SSSR count). The quantitative estimate of drug-likeness (QED) is 0.801.